The lowest BCUT2D eigenvalue weighted by molar-refractivity contribution is 0.440. The number of nitrogens with one attached hydrogen (secondary N) is 1. The fourth-order valence-corrected chi connectivity index (χ4v) is 2.15. The standard InChI is InChI=1S/C17H23N3O/c1-12(10-18-17(3,4)5)11-20-15-9-7-6-8-14(15)19-13(2)16(20)21/h6-9,18H,1,10-11H2,2-5H3. The number of hydrogen-bond donors (Lipinski definition) is 1. The zero-order valence-corrected chi connectivity index (χ0v) is 13.2. The van der Waals surface area contributed by atoms with Gasteiger partial charge in [0.05, 0.1) is 11.0 Å². The molecule has 0 atom stereocenters. The summed E-state index contributed by atoms with van der Waals surface area (Å²) in [6.07, 6.45) is 0. The molecule has 112 valence electrons. The molecule has 1 N–H and O–H groups in total. The van der Waals surface area contributed by atoms with E-state index >= 15 is 0 Å². The minimum absolute atomic E-state index is 0.0319. The Morgan fingerprint density at radius 2 is 2.00 bits per heavy atom. The molecule has 21 heavy (non-hydrogen) atoms. The molecular weight excluding hydrogens is 262 g/mol. The number of nitrogens with zero attached hydrogens (tertiary/aromatic N) is 2. The molecule has 0 saturated heterocycles. The topological polar surface area (TPSA) is 46.9 Å². The van der Waals surface area contributed by atoms with Gasteiger partial charge in [-0.25, -0.2) is 4.98 Å². The number of aromatic nitrogens is 2. The Morgan fingerprint density at radius 1 is 1.33 bits per heavy atom. The third-order valence-corrected chi connectivity index (χ3v) is 3.27. The van der Waals surface area contributed by atoms with E-state index in [-0.39, 0.29) is 11.1 Å². The molecule has 1 heterocycles. The molecule has 0 radical (unpaired) electrons. The predicted octanol–water partition coefficient (Wildman–Crippen LogP) is 2.65. The van der Waals surface area contributed by atoms with E-state index in [1.165, 1.54) is 0 Å². The molecule has 0 bridgehead atoms. The van der Waals surface area contributed by atoms with Gasteiger partial charge in [0.2, 0.25) is 0 Å². The highest BCUT2D eigenvalue weighted by molar-refractivity contribution is 5.74. The number of aryl methyl sites for hydroxylation is 1. The van der Waals surface area contributed by atoms with Gasteiger partial charge in [0.1, 0.15) is 5.69 Å². The summed E-state index contributed by atoms with van der Waals surface area (Å²) >= 11 is 0. The van der Waals surface area contributed by atoms with Gasteiger partial charge >= 0.3 is 0 Å². The fraction of sp³-hybridized carbons (Fsp3) is 0.412. The van der Waals surface area contributed by atoms with Crippen LogP contribution in [0.15, 0.2) is 41.2 Å². The quantitative estimate of drug-likeness (QED) is 0.879. The highest BCUT2D eigenvalue weighted by Crippen LogP contribution is 2.11. The Morgan fingerprint density at radius 3 is 2.67 bits per heavy atom. The van der Waals surface area contributed by atoms with Gasteiger partial charge in [0.15, 0.2) is 0 Å². The molecule has 0 spiro atoms. The van der Waals surface area contributed by atoms with Gasteiger partial charge in [0, 0.05) is 18.6 Å². The number of rotatable bonds is 4. The number of hydrogen-bond acceptors (Lipinski definition) is 3. The molecular formula is C17H23N3O. The van der Waals surface area contributed by atoms with E-state index in [1.54, 1.807) is 11.5 Å². The Bertz CT molecular complexity index is 723. The molecule has 4 heteroatoms. The summed E-state index contributed by atoms with van der Waals surface area (Å²) in [6, 6.07) is 7.70. The molecule has 0 aliphatic heterocycles. The van der Waals surface area contributed by atoms with E-state index in [0.29, 0.717) is 18.8 Å². The van der Waals surface area contributed by atoms with Crippen LogP contribution in [0.4, 0.5) is 0 Å². The van der Waals surface area contributed by atoms with Crippen LogP contribution in [0.1, 0.15) is 26.5 Å². The second kappa shape index (κ2) is 5.82. The first kappa shape index (κ1) is 15.4. The summed E-state index contributed by atoms with van der Waals surface area (Å²) < 4.78 is 1.75. The molecule has 1 aromatic carbocycles. The van der Waals surface area contributed by atoms with Crippen molar-refractivity contribution in [2.45, 2.75) is 39.8 Å². The van der Waals surface area contributed by atoms with Crippen molar-refractivity contribution < 1.29 is 0 Å². The lowest BCUT2D eigenvalue weighted by atomic mass is 10.1. The van der Waals surface area contributed by atoms with Gasteiger partial charge in [-0.2, -0.15) is 0 Å². The molecule has 2 aromatic rings. The maximum Gasteiger partial charge on any atom is 0.272 e. The van der Waals surface area contributed by atoms with Crippen LogP contribution in [0.25, 0.3) is 11.0 Å². The average Bonchev–Trinajstić information content (AvgIpc) is 2.41. The first-order valence-corrected chi connectivity index (χ1v) is 7.16. The fourth-order valence-electron chi connectivity index (χ4n) is 2.15. The van der Waals surface area contributed by atoms with Crippen molar-refractivity contribution in [3.63, 3.8) is 0 Å². The molecule has 0 aliphatic carbocycles. The van der Waals surface area contributed by atoms with Crippen LogP contribution in [0.5, 0.6) is 0 Å². The second-order valence-electron chi connectivity index (χ2n) is 6.43. The Hall–Kier alpha value is -1.94. The lowest BCUT2D eigenvalue weighted by Crippen LogP contribution is -2.38. The van der Waals surface area contributed by atoms with Gasteiger partial charge in [-0.15, -0.1) is 0 Å². The highest BCUT2D eigenvalue weighted by Gasteiger charge is 2.11. The van der Waals surface area contributed by atoms with Crippen molar-refractivity contribution in [1.29, 1.82) is 0 Å². The summed E-state index contributed by atoms with van der Waals surface area (Å²) in [4.78, 5) is 16.7. The first-order chi connectivity index (χ1) is 9.78. The third kappa shape index (κ3) is 3.79. The van der Waals surface area contributed by atoms with Gasteiger partial charge in [0.25, 0.3) is 5.56 Å². The van der Waals surface area contributed by atoms with Crippen LogP contribution in [0.3, 0.4) is 0 Å². The summed E-state index contributed by atoms with van der Waals surface area (Å²) in [6.45, 7) is 13.4. The van der Waals surface area contributed by atoms with Gasteiger partial charge < -0.3 is 9.88 Å². The summed E-state index contributed by atoms with van der Waals surface area (Å²) in [7, 11) is 0. The van der Waals surface area contributed by atoms with Crippen LogP contribution in [-0.2, 0) is 6.54 Å². The van der Waals surface area contributed by atoms with Crippen molar-refractivity contribution in [2.24, 2.45) is 0 Å². The maximum atomic E-state index is 12.4. The first-order valence-electron chi connectivity index (χ1n) is 7.16. The van der Waals surface area contributed by atoms with Crippen LogP contribution in [0, 0.1) is 6.92 Å². The number of fused-ring (bicyclic) bond motifs is 1. The Kier molecular flexibility index (Phi) is 4.28. The zero-order chi connectivity index (χ0) is 15.6. The summed E-state index contributed by atoms with van der Waals surface area (Å²) in [5, 5.41) is 3.39. The molecule has 0 unspecified atom stereocenters. The van der Waals surface area contributed by atoms with Crippen LogP contribution in [-0.4, -0.2) is 21.6 Å². The van der Waals surface area contributed by atoms with Gasteiger partial charge in [-0.1, -0.05) is 18.7 Å². The monoisotopic (exact) mass is 285 g/mol. The largest absolute Gasteiger partial charge is 0.308 e. The molecule has 0 amide bonds. The molecule has 1 aromatic heterocycles. The minimum Gasteiger partial charge on any atom is -0.308 e. The predicted molar refractivity (Wildman–Crippen MR) is 87.6 cm³/mol. The van der Waals surface area contributed by atoms with E-state index in [4.69, 9.17) is 0 Å². The van der Waals surface area contributed by atoms with Crippen molar-refractivity contribution in [3.05, 3.63) is 52.5 Å². The average molecular weight is 285 g/mol. The SMILES string of the molecule is C=C(CNC(C)(C)C)Cn1c(=O)c(C)nc2ccccc21. The van der Waals surface area contributed by atoms with Crippen molar-refractivity contribution in [1.82, 2.24) is 14.9 Å². The highest BCUT2D eigenvalue weighted by atomic mass is 16.1. The van der Waals surface area contributed by atoms with E-state index in [9.17, 15) is 4.79 Å². The van der Waals surface area contributed by atoms with E-state index < -0.39 is 0 Å². The van der Waals surface area contributed by atoms with Gasteiger partial charge in [-0.05, 0) is 45.4 Å². The molecule has 0 aliphatic rings. The van der Waals surface area contributed by atoms with Crippen LogP contribution in [0.2, 0.25) is 0 Å². The Balaban J connectivity index is 2.31. The minimum atomic E-state index is -0.0504. The van der Waals surface area contributed by atoms with Crippen LogP contribution >= 0.6 is 0 Å². The summed E-state index contributed by atoms with van der Waals surface area (Å²) in [5.74, 6) is 0. The van der Waals surface area contributed by atoms with Crippen LogP contribution < -0.4 is 10.9 Å². The maximum absolute atomic E-state index is 12.4. The molecule has 0 fully saturated rings. The smallest absolute Gasteiger partial charge is 0.272 e. The van der Waals surface area contributed by atoms with Crippen molar-refractivity contribution in [3.8, 4) is 0 Å². The van der Waals surface area contributed by atoms with E-state index in [2.05, 4.69) is 37.7 Å². The van der Waals surface area contributed by atoms with Crippen molar-refractivity contribution >= 4 is 11.0 Å². The molecule has 4 nitrogen and oxygen atoms in total. The van der Waals surface area contributed by atoms with Crippen molar-refractivity contribution in [2.75, 3.05) is 6.54 Å². The van der Waals surface area contributed by atoms with Gasteiger partial charge in [-0.3, -0.25) is 4.79 Å². The normalized spacial score (nSPS) is 11.8. The number of para-hydroxylation sites is 2. The van der Waals surface area contributed by atoms with E-state index in [0.717, 1.165) is 16.6 Å². The lowest BCUT2D eigenvalue weighted by Gasteiger charge is -2.22. The molecule has 2 rings (SSSR count). The molecule has 0 saturated carbocycles. The number of benzene rings is 1. The van der Waals surface area contributed by atoms with E-state index in [1.807, 2.05) is 24.3 Å². The zero-order valence-electron chi connectivity index (χ0n) is 13.2. The second-order valence-corrected chi connectivity index (χ2v) is 6.43. The Labute approximate surface area is 125 Å². The summed E-state index contributed by atoms with van der Waals surface area (Å²) in [5.41, 5.74) is 3.17. The third-order valence-electron chi connectivity index (χ3n) is 3.27.